The fourth-order valence-electron chi connectivity index (χ4n) is 13.3. The molecule has 14 rings (SSSR count). The number of fused-ring (bicyclic) bond motifs is 12. The zero-order chi connectivity index (χ0) is 48.5. The van der Waals surface area contributed by atoms with Gasteiger partial charge in [0.1, 0.15) is 0 Å². The molecule has 0 N–H and O–H groups in total. The smallest absolute Gasteiger partial charge is 0.0703 e. The van der Waals surface area contributed by atoms with Crippen molar-refractivity contribution in [2.45, 2.75) is 52.0 Å². The van der Waals surface area contributed by atoms with Gasteiger partial charge in [-0.15, -0.1) is 0 Å². The van der Waals surface area contributed by atoms with Crippen molar-refractivity contribution in [1.29, 1.82) is 0 Å². The van der Waals surface area contributed by atoms with E-state index in [-0.39, 0.29) is 0 Å². The first kappa shape index (κ1) is 42.3. The molecular formula is C68H54N4. The van der Waals surface area contributed by atoms with Crippen LogP contribution in [0, 0.1) is 27.7 Å². The second kappa shape index (κ2) is 15.7. The summed E-state index contributed by atoms with van der Waals surface area (Å²) in [6.45, 7) is 11.3. The van der Waals surface area contributed by atoms with Crippen LogP contribution in [0.25, 0.3) is 17.2 Å². The van der Waals surface area contributed by atoms with Crippen LogP contribution < -0.4 is 19.6 Å². The maximum Gasteiger partial charge on any atom is 0.0703 e. The van der Waals surface area contributed by atoms with Crippen LogP contribution in [-0.4, -0.2) is 5.54 Å². The molecule has 4 heteroatoms. The minimum atomic E-state index is -0.622. The Bertz CT molecular complexity index is 3670. The molecule has 9 aromatic carbocycles. The topological polar surface area (TPSA) is 13.0 Å². The van der Waals surface area contributed by atoms with Gasteiger partial charge < -0.3 is 19.6 Å². The molecule has 0 aromatic heterocycles. The summed E-state index contributed by atoms with van der Waals surface area (Å²) in [6, 6.07) is 75.4. The summed E-state index contributed by atoms with van der Waals surface area (Å²) >= 11 is 0. The molecule has 0 radical (unpaired) electrons. The molecule has 2 aliphatic heterocycles. The Labute approximate surface area is 423 Å². The third-order valence-corrected chi connectivity index (χ3v) is 15.9. The first-order chi connectivity index (χ1) is 35.2. The summed E-state index contributed by atoms with van der Waals surface area (Å²) in [5.74, 6) is 0. The highest BCUT2D eigenvalue weighted by molar-refractivity contribution is 6.03. The maximum absolute atomic E-state index is 2.65. The van der Waals surface area contributed by atoms with Gasteiger partial charge in [-0.25, -0.2) is 0 Å². The van der Waals surface area contributed by atoms with E-state index in [1.165, 1.54) is 101 Å². The third-order valence-electron chi connectivity index (χ3n) is 15.9. The van der Waals surface area contributed by atoms with E-state index in [9.17, 15) is 0 Å². The number of allylic oxidation sites excluding steroid dienone is 3. The summed E-state index contributed by atoms with van der Waals surface area (Å²) in [5, 5.41) is 0. The highest BCUT2D eigenvalue weighted by atomic mass is 15.3. The Kier molecular flexibility index (Phi) is 9.22. The van der Waals surface area contributed by atoms with Gasteiger partial charge in [-0.1, -0.05) is 140 Å². The van der Waals surface area contributed by atoms with Crippen LogP contribution in [0.5, 0.6) is 0 Å². The van der Waals surface area contributed by atoms with Crippen molar-refractivity contribution in [3.05, 3.63) is 274 Å². The zero-order valence-electron chi connectivity index (χ0n) is 41.4. The molecule has 0 amide bonds. The van der Waals surface area contributed by atoms with Gasteiger partial charge in [0.2, 0.25) is 0 Å². The zero-order valence-corrected chi connectivity index (χ0v) is 41.4. The number of nitrogens with zero attached hydrogens (tertiary/aromatic N) is 4. The highest BCUT2D eigenvalue weighted by Gasteiger charge is 2.53. The number of anilines is 11. The van der Waals surface area contributed by atoms with Gasteiger partial charge in [-0.2, -0.15) is 0 Å². The summed E-state index contributed by atoms with van der Waals surface area (Å²) < 4.78 is 0. The van der Waals surface area contributed by atoms with Crippen molar-refractivity contribution >= 4 is 68.6 Å². The first-order valence-electron chi connectivity index (χ1n) is 25.4. The number of para-hydroxylation sites is 8. The quantitative estimate of drug-likeness (QED) is 0.174. The van der Waals surface area contributed by atoms with Crippen LogP contribution in [0.4, 0.5) is 62.6 Å². The highest BCUT2D eigenvalue weighted by Crippen LogP contribution is 2.64. The lowest BCUT2D eigenvalue weighted by molar-refractivity contribution is 0.516. The lowest BCUT2D eigenvalue weighted by atomic mass is 9.61. The Hall–Kier alpha value is -8.60. The summed E-state index contributed by atoms with van der Waals surface area (Å²) in [5.41, 5.74) is 27.2. The largest absolute Gasteiger partial charge is 0.328 e. The minimum absolute atomic E-state index is 0.475. The van der Waals surface area contributed by atoms with Gasteiger partial charge in [0.05, 0.1) is 56.5 Å². The maximum atomic E-state index is 2.65. The van der Waals surface area contributed by atoms with E-state index in [1.54, 1.807) is 0 Å². The van der Waals surface area contributed by atoms with Gasteiger partial charge in [0, 0.05) is 17.1 Å². The number of hydrogen-bond donors (Lipinski definition) is 0. The van der Waals surface area contributed by atoms with E-state index in [0.717, 1.165) is 34.9 Å². The molecule has 1 atom stereocenters. The molecule has 4 nitrogen and oxygen atoms in total. The van der Waals surface area contributed by atoms with Crippen LogP contribution >= 0.6 is 0 Å². The monoisotopic (exact) mass is 926 g/mol. The Balaban J connectivity index is 0.980. The molecule has 0 saturated heterocycles. The number of aryl methyl sites for hydroxylation is 4. The molecular weight excluding hydrogens is 873 g/mol. The molecule has 346 valence electrons. The molecule has 5 aliphatic rings. The Morgan fingerprint density at radius 2 is 0.764 bits per heavy atom. The Morgan fingerprint density at radius 1 is 0.361 bits per heavy atom. The fraction of sp³-hybridized carbons (Fsp3) is 0.118. The van der Waals surface area contributed by atoms with Crippen molar-refractivity contribution in [2.75, 3.05) is 19.6 Å². The van der Waals surface area contributed by atoms with Gasteiger partial charge in [-0.3, -0.25) is 0 Å². The predicted molar refractivity (Wildman–Crippen MR) is 302 cm³/mol. The SMILES string of the molecule is Cc1cc(C)cc(N2c3ccccc3N(c3ccc4c(c3)C3(C5=C(C=C4)C=CC(C)(N4c6ccccc6N(c6cc(C)cc(C)c6)c6ccccc64)C5)c4ccccc4-c4ccccc43)c3ccccc32)c1. The van der Waals surface area contributed by atoms with E-state index < -0.39 is 11.0 Å². The lowest BCUT2D eigenvalue weighted by Crippen LogP contribution is -2.48. The van der Waals surface area contributed by atoms with Crippen LogP contribution in [0.1, 0.15) is 57.9 Å². The van der Waals surface area contributed by atoms with Crippen LogP contribution in [0.15, 0.2) is 230 Å². The molecule has 3 aliphatic carbocycles. The molecule has 0 fully saturated rings. The fourth-order valence-corrected chi connectivity index (χ4v) is 13.3. The molecule has 2 heterocycles. The lowest BCUT2D eigenvalue weighted by Gasteiger charge is -2.51. The number of benzene rings is 9. The minimum Gasteiger partial charge on any atom is -0.328 e. The first-order valence-corrected chi connectivity index (χ1v) is 25.4. The molecule has 0 bridgehead atoms. The van der Waals surface area contributed by atoms with Crippen LogP contribution in [0.2, 0.25) is 0 Å². The van der Waals surface area contributed by atoms with Crippen molar-refractivity contribution < 1.29 is 0 Å². The van der Waals surface area contributed by atoms with Crippen molar-refractivity contribution in [3.8, 4) is 11.1 Å². The van der Waals surface area contributed by atoms with Gasteiger partial charge >= 0.3 is 0 Å². The molecule has 1 spiro atoms. The normalized spacial score (nSPS) is 17.3. The van der Waals surface area contributed by atoms with E-state index in [2.05, 4.69) is 279 Å². The van der Waals surface area contributed by atoms with Gasteiger partial charge in [0.25, 0.3) is 0 Å². The number of rotatable bonds is 4. The van der Waals surface area contributed by atoms with Crippen molar-refractivity contribution in [2.24, 2.45) is 0 Å². The van der Waals surface area contributed by atoms with E-state index in [1.807, 2.05) is 0 Å². The second-order valence-electron chi connectivity index (χ2n) is 20.7. The second-order valence-corrected chi connectivity index (χ2v) is 20.7. The molecule has 9 aromatic rings. The molecule has 1 unspecified atom stereocenters. The summed E-state index contributed by atoms with van der Waals surface area (Å²) in [6.07, 6.45) is 10.5. The van der Waals surface area contributed by atoms with Gasteiger partial charge in [0.15, 0.2) is 0 Å². The van der Waals surface area contributed by atoms with E-state index in [4.69, 9.17) is 0 Å². The summed E-state index contributed by atoms with van der Waals surface area (Å²) in [4.78, 5) is 10.1. The van der Waals surface area contributed by atoms with Gasteiger partial charge in [-0.05, 0) is 193 Å². The molecule has 0 saturated carbocycles. The average molecular weight is 927 g/mol. The predicted octanol–water partition coefficient (Wildman–Crippen LogP) is 18.2. The van der Waals surface area contributed by atoms with E-state index >= 15 is 0 Å². The van der Waals surface area contributed by atoms with E-state index in [0.29, 0.717) is 0 Å². The third kappa shape index (κ3) is 6.05. The molecule has 72 heavy (non-hydrogen) atoms. The van der Waals surface area contributed by atoms with Crippen LogP contribution in [-0.2, 0) is 5.41 Å². The van der Waals surface area contributed by atoms with Crippen molar-refractivity contribution in [1.82, 2.24) is 0 Å². The summed E-state index contributed by atoms with van der Waals surface area (Å²) in [7, 11) is 0. The Morgan fingerprint density at radius 3 is 1.24 bits per heavy atom. The average Bonchev–Trinajstić information content (AvgIpc) is 3.62. The van der Waals surface area contributed by atoms with Crippen molar-refractivity contribution in [3.63, 3.8) is 0 Å². The van der Waals surface area contributed by atoms with Crippen LogP contribution in [0.3, 0.4) is 0 Å². The standard InChI is InChI=1S/C68H54N4/c1-44-36-45(2)39-51(38-44)70-61-24-12-10-22-59(61)69(60-23-11-13-25-62(60)70)50-33-32-48-30-31-49-34-35-67(5,43-58(49)68(57(48)42-50)55-20-8-6-18-53(55)54-19-7-9-21-56(54)68)72-65-28-16-14-26-63(65)71(64-27-15-17-29-66(64)72)52-40-46(3)37-47(4)41-52/h6-42H,43H2,1-5H3. The number of hydrogen-bond acceptors (Lipinski definition) is 4.